The first kappa shape index (κ1) is 10.2. The van der Waals surface area contributed by atoms with Crippen molar-refractivity contribution < 1.29 is 4.74 Å². The zero-order valence-electron chi connectivity index (χ0n) is 8.94. The van der Waals surface area contributed by atoms with Gasteiger partial charge in [0, 0.05) is 13.0 Å². The lowest BCUT2D eigenvalue weighted by Crippen LogP contribution is -2.10. The van der Waals surface area contributed by atoms with Crippen LogP contribution >= 0.6 is 0 Å². The van der Waals surface area contributed by atoms with Gasteiger partial charge in [-0.25, -0.2) is 0 Å². The van der Waals surface area contributed by atoms with Gasteiger partial charge in [-0.05, 0) is 12.5 Å². The minimum atomic E-state index is 0.0893. The molecule has 0 amide bonds. The van der Waals surface area contributed by atoms with Crippen molar-refractivity contribution in [3.63, 3.8) is 0 Å². The fourth-order valence-electron chi connectivity index (χ4n) is 1.73. The Morgan fingerprint density at radius 2 is 2.40 bits per heavy atom. The van der Waals surface area contributed by atoms with Gasteiger partial charge in [0.05, 0.1) is 6.54 Å². The summed E-state index contributed by atoms with van der Waals surface area (Å²) >= 11 is 0. The molecular formula is C12H16N2O. The normalized spacial score (nSPS) is 19.9. The van der Waals surface area contributed by atoms with E-state index < -0.39 is 0 Å². The average Bonchev–Trinajstić information content (AvgIpc) is 2.67. The number of nitrogens with two attached hydrogens (primary N) is 1. The van der Waals surface area contributed by atoms with Crippen LogP contribution in [0, 0.1) is 6.92 Å². The van der Waals surface area contributed by atoms with E-state index in [0.717, 1.165) is 18.9 Å². The molecule has 15 heavy (non-hydrogen) atoms. The summed E-state index contributed by atoms with van der Waals surface area (Å²) in [7, 11) is 0. The molecule has 1 aliphatic rings. The van der Waals surface area contributed by atoms with Gasteiger partial charge in [0.25, 0.3) is 0 Å². The maximum Gasteiger partial charge on any atom is 0.185 e. The third kappa shape index (κ3) is 2.36. The average molecular weight is 204 g/mol. The van der Waals surface area contributed by atoms with E-state index in [1.807, 2.05) is 0 Å². The Hall–Kier alpha value is -1.35. The first-order valence-corrected chi connectivity index (χ1v) is 5.26. The number of aryl methyl sites for hydroxylation is 1. The van der Waals surface area contributed by atoms with Crippen LogP contribution in [-0.2, 0) is 4.74 Å². The minimum absolute atomic E-state index is 0.0893. The standard InChI is InChI=1S/C12H16N2O/c1-9-3-2-4-10(7-9)11-8-14-12(15-11)5-6-13/h2-4,7,11H,5-6,8,13H2,1H3. The second-order valence-corrected chi connectivity index (χ2v) is 3.79. The molecule has 3 nitrogen and oxygen atoms in total. The van der Waals surface area contributed by atoms with E-state index in [2.05, 4.69) is 36.2 Å². The molecule has 3 heteroatoms. The van der Waals surface area contributed by atoms with Crippen LogP contribution < -0.4 is 5.73 Å². The van der Waals surface area contributed by atoms with Crippen LogP contribution in [0.5, 0.6) is 0 Å². The van der Waals surface area contributed by atoms with Crippen molar-refractivity contribution in [1.29, 1.82) is 0 Å². The Kier molecular flexibility index (Phi) is 3.02. The number of rotatable bonds is 3. The summed E-state index contributed by atoms with van der Waals surface area (Å²) in [6.07, 6.45) is 0.828. The van der Waals surface area contributed by atoms with Crippen LogP contribution in [0.15, 0.2) is 29.3 Å². The van der Waals surface area contributed by atoms with Crippen LogP contribution in [0.4, 0.5) is 0 Å². The maximum absolute atomic E-state index is 5.71. The predicted molar refractivity (Wildman–Crippen MR) is 61.0 cm³/mol. The van der Waals surface area contributed by atoms with Gasteiger partial charge in [-0.15, -0.1) is 0 Å². The Labute approximate surface area is 90.0 Å². The predicted octanol–water partition coefficient (Wildman–Crippen LogP) is 1.81. The molecule has 80 valence electrons. The van der Waals surface area contributed by atoms with Crippen LogP contribution in [0.2, 0.25) is 0 Å². The molecule has 0 saturated heterocycles. The van der Waals surface area contributed by atoms with Crippen molar-refractivity contribution in [2.24, 2.45) is 10.7 Å². The largest absolute Gasteiger partial charge is 0.471 e. The Morgan fingerprint density at radius 1 is 1.53 bits per heavy atom. The summed E-state index contributed by atoms with van der Waals surface area (Å²) in [5.74, 6) is 0.795. The number of nitrogens with zero attached hydrogens (tertiary/aromatic N) is 1. The Balaban J connectivity index is 2.04. The van der Waals surface area contributed by atoms with E-state index in [1.165, 1.54) is 11.1 Å². The summed E-state index contributed by atoms with van der Waals surface area (Å²) in [6.45, 7) is 3.40. The highest BCUT2D eigenvalue weighted by Crippen LogP contribution is 2.24. The number of hydrogen-bond donors (Lipinski definition) is 1. The zero-order valence-corrected chi connectivity index (χ0v) is 8.94. The van der Waals surface area contributed by atoms with E-state index in [-0.39, 0.29) is 6.10 Å². The first-order chi connectivity index (χ1) is 7.29. The highest BCUT2D eigenvalue weighted by atomic mass is 16.5. The van der Waals surface area contributed by atoms with E-state index in [9.17, 15) is 0 Å². The Bertz CT molecular complexity index is 374. The topological polar surface area (TPSA) is 47.6 Å². The van der Waals surface area contributed by atoms with Crippen molar-refractivity contribution in [2.45, 2.75) is 19.4 Å². The number of benzene rings is 1. The lowest BCUT2D eigenvalue weighted by molar-refractivity contribution is 0.224. The van der Waals surface area contributed by atoms with Gasteiger partial charge in [-0.1, -0.05) is 29.8 Å². The summed E-state index contributed by atoms with van der Waals surface area (Å²) in [4.78, 5) is 4.33. The summed E-state index contributed by atoms with van der Waals surface area (Å²) < 4.78 is 5.71. The molecule has 0 radical (unpaired) electrons. The van der Waals surface area contributed by atoms with E-state index in [1.54, 1.807) is 0 Å². The van der Waals surface area contributed by atoms with Crippen LogP contribution in [0.1, 0.15) is 23.7 Å². The second-order valence-electron chi connectivity index (χ2n) is 3.79. The quantitative estimate of drug-likeness (QED) is 0.816. The summed E-state index contributed by atoms with van der Waals surface area (Å²) in [5, 5.41) is 0. The van der Waals surface area contributed by atoms with Crippen LogP contribution in [0.3, 0.4) is 0 Å². The third-order valence-electron chi connectivity index (χ3n) is 2.48. The molecule has 1 aliphatic heterocycles. The van der Waals surface area contributed by atoms with E-state index in [0.29, 0.717) is 6.54 Å². The molecule has 1 unspecified atom stereocenters. The molecule has 0 fully saturated rings. The van der Waals surface area contributed by atoms with Gasteiger partial charge >= 0.3 is 0 Å². The Morgan fingerprint density at radius 3 is 3.13 bits per heavy atom. The second kappa shape index (κ2) is 4.45. The van der Waals surface area contributed by atoms with Gasteiger partial charge in [-0.2, -0.15) is 0 Å². The summed E-state index contributed by atoms with van der Waals surface area (Å²) in [5.41, 5.74) is 7.91. The number of ether oxygens (including phenoxy) is 1. The third-order valence-corrected chi connectivity index (χ3v) is 2.48. The molecule has 1 aromatic carbocycles. The first-order valence-electron chi connectivity index (χ1n) is 5.26. The van der Waals surface area contributed by atoms with Crippen molar-refractivity contribution in [2.75, 3.05) is 13.1 Å². The molecule has 1 atom stereocenters. The van der Waals surface area contributed by atoms with Gasteiger partial charge in [0.15, 0.2) is 5.90 Å². The van der Waals surface area contributed by atoms with Crippen molar-refractivity contribution in [3.05, 3.63) is 35.4 Å². The SMILES string of the molecule is Cc1cccc(C2CN=C(CCN)O2)c1. The molecule has 0 aliphatic carbocycles. The molecule has 2 rings (SSSR count). The minimum Gasteiger partial charge on any atom is -0.471 e. The van der Waals surface area contributed by atoms with Crippen LogP contribution in [0.25, 0.3) is 0 Å². The molecule has 2 N–H and O–H groups in total. The molecular weight excluding hydrogens is 188 g/mol. The van der Waals surface area contributed by atoms with E-state index in [4.69, 9.17) is 10.5 Å². The molecule has 0 bridgehead atoms. The van der Waals surface area contributed by atoms with Gasteiger partial charge in [-0.3, -0.25) is 4.99 Å². The summed E-state index contributed by atoms with van der Waals surface area (Å²) in [6, 6.07) is 8.36. The highest BCUT2D eigenvalue weighted by Gasteiger charge is 2.20. The molecule has 0 saturated carbocycles. The molecule has 0 aromatic heterocycles. The van der Waals surface area contributed by atoms with E-state index >= 15 is 0 Å². The number of aliphatic imine (C=N–C) groups is 1. The number of hydrogen-bond acceptors (Lipinski definition) is 3. The van der Waals surface area contributed by atoms with Gasteiger partial charge in [0.2, 0.25) is 0 Å². The fourth-order valence-corrected chi connectivity index (χ4v) is 1.73. The molecule has 1 heterocycles. The maximum atomic E-state index is 5.71. The highest BCUT2D eigenvalue weighted by molar-refractivity contribution is 5.78. The smallest absolute Gasteiger partial charge is 0.185 e. The monoisotopic (exact) mass is 204 g/mol. The van der Waals surface area contributed by atoms with Crippen molar-refractivity contribution >= 4 is 5.90 Å². The fraction of sp³-hybridized carbons (Fsp3) is 0.417. The van der Waals surface area contributed by atoms with Gasteiger partial charge in [0.1, 0.15) is 6.10 Å². The van der Waals surface area contributed by atoms with Crippen molar-refractivity contribution in [1.82, 2.24) is 0 Å². The lowest BCUT2D eigenvalue weighted by Gasteiger charge is -2.11. The molecule has 0 spiro atoms. The van der Waals surface area contributed by atoms with Gasteiger partial charge < -0.3 is 10.5 Å². The van der Waals surface area contributed by atoms with Crippen molar-refractivity contribution in [3.8, 4) is 0 Å². The van der Waals surface area contributed by atoms with Crippen LogP contribution in [-0.4, -0.2) is 19.0 Å². The zero-order chi connectivity index (χ0) is 10.7. The molecule has 1 aromatic rings. The lowest BCUT2D eigenvalue weighted by atomic mass is 10.1.